The Labute approximate surface area is 149 Å². The van der Waals surface area contributed by atoms with Gasteiger partial charge in [-0.2, -0.15) is 0 Å². The molecule has 1 aliphatic rings. The number of rotatable bonds is 4. The molecule has 8 heteroatoms. The smallest absolute Gasteiger partial charge is 0.406 e. The van der Waals surface area contributed by atoms with Crippen molar-refractivity contribution in [1.29, 1.82) is 0 Å². The summed E-state index contributed by atoms with van der Waals surface area (Å²) in [5.41, 5.74) is 2.76. The van der Waals surface area contributed by atoms with Crippen LogP contribution in [0.5, 0.6) is 5.75 Å². The number of benzene rings is 1. The van der Waals surface area contributed by atoms with Crippen LogP contribution in [0.25, 0.3) is 11.3 Å². The molecule has 1 saturated heterocycles. The molecule has 0 saturated carbocycles. The number of amides is 2. The van der Waals surface area contributed by atoms with E-state index in [0.29, 0.717) is 30.9 Å². The van der Waals surface area contributed by atoms with Crippen LogP contribution in [0.3, 0.4) is 0 Å². The fourth-order valence-electron chi connectivity index (χ4n) is 2.82. The van der Waals surface area contributed by atoms with Gasteiger partial charge >= 0.3 is 12.4 Å². The van der Waals surface area contributed by atoms with Crippen LogP contribution in [0.2, 0.25) is 0 Å². The number of hydrogen-bond acceptors (Lipinski definition) is 3. The molecular weight excluding hydrogens is 347 g/mol. The SMILES string of the molecule is Cc1ccc(OC(F)(F)F)cc1-c1ccc(CN2CCN(C)C2=O)cn1. The van der Waals surface area contributed by atoms with Crippen LogP contribution in [-0.2, 0) is 6.54 Å². The molecule has 26 heavy (non-hydrogen) atoms. The minimum atomic E-state index is -4.74. The van der Waals surface area contributed by atoms with Gasteiger partial charge in [0.25, 0.3) is 0 Å². The zero-order valence-electron chi connectivity index (χ0n) is 14.4. The van der Waals surface area contributed by atoms with Crippen LogP contribution in [0.15, 0.2) is 36.5 Å². The number of halogens is 3. The second kappa shape index (κ2) is 6.86. The zero-order valence-corrected chi connectivity index (χ0v) is 14.4. The van der Waals surface area contributed by atoms with E-state index in [1.54, 1.807) is 42.1 Å². The van der Waals surface area contributed by atoms with E-state index in [9.17, 15) is 18.0 Å². The molecule has 1 aliphatic heterocycles. The normalized spacial score (nSPS) is 14.9. The summed E-state index contributed by atoms with van der Waals surface area (Å²) in [6.07, 6.45) is -3.10. The maximum absolute atomic E-state index is 12.4. The number of aromatic nitrogens is 1. The number of ether oxygens (including phenoxy) is 1. The summed E-state index contributed by atoms with van der Waals surface area (Å²) < 4.78 is 41.2. The van der Waals surface area contributed by atoms with Gasteiger partial charge in [0, 0.05) is 38.4 Å². The molecule has 1 aromatic heterocycles. The summed E-state index contributed by atoms with van der Waals surface area (Å²) in [7, 11) is 1.75. The molecule has 0 aliphatic carbocycles. The van der Waals surface area contributed by atoms with Crippen LogP contribution in [-0.4, -0.2) is 47.3 Å². The average molecular weight is 365 g/mol. The number of aryl methyl sites for hydroxylation is 1. The Hall–Kier alpha value is -2.77. The molecule has 0 atom stereocenters. The molecular formula is C18H18F3N3O2. The predicted molar refractivity (Wildman–Crippen MR) is 89.5 cm³/mol. The Bertz CT molecular complexity index is 806. The van der Waals surface area contributed by atoms with Crippen LogP contribution in [0.1, 0.15) is 11.1 Å². The van der Waals surface area contributed by atoms with Gasteiger partial charge in [-0.3, -0.25) is 4.98 Å². The van der Waals surface area contributed by atoms with Crippen molar-refractivity contribution in [2.45, 2.75) is 19.8 Å². The Morgan fingerprint density at radius 2 is 1.96 bits per heavy atom. The van der Waals surface area contributed by atoms with E-state index in [-0.39, 0.29) is 11.8 Å². The van der Waals surface area contributed by atoms with Crippen LogP contribution in [0.4, 0.5) is 18.0 Å². The summed E-state index contributed by atoms with van der Waals surface area (Å²) in [4.78, 5) is 19.6. The quantitative estimate of drug-likeness (QED) is 0.827. The molecule has 0 N–H and O–H groups in total. The monoisotopic (exact) mass is 365 g/mol. The molecule has 0 unspecified atom stereocenters. The lowest BCUT2D eigenvalue weighted by Crippen LogP contribution is -2.28. The lowest BCUT2D eigenvalue weighted by molar-refractivity contribution is -0.274. The summed E-state index contributed by atoms with van der Waals surface area (Å²) in [5.74, 6) is -0.283. The van der Waals surface area contributed by atoms with Crippen molar-refractivity contribution in [2.75, 3.05) is 20.1 Å². The number of carbonyl (C=O) groups is 1. The summed E-state index contributed by atoms with van der Waals surface area (Å²) >= 11 is 0. The largest absolute Gasteiger partial charge is 0.573 e. The van der Waals surface area contributed by atoms with E-state index in [1.165, 1.54) is 12.1 Å². The highest BCUT2D eigenvalue weighted by Gasteiger charge is 2.31. The Morgan fingerprint density at radius 3 is 2.54 bits per heavy atom. The van der Waals surface area contributed by atoms with E-state index in [2.05, 4.69) is 9.72 Å². The molecule has 5 nitrogen and oxygen atoms in total. The van der Waals surface area contributed by atoms with Crippen molar-refractivity contribution in [2.24, 2.45) is 0 Å². The van der Waals surface area contributed by atoms with Gasteiger partial charge in [-0.05, 0) is 36.2 Å². The van der Waals surface area contributed by atoms with E-state index in [4.69, 9.17) is 0 Å². The van der Waals surface area contributed by atoms with E-state index < -0.39 is 6.36 Å². The number of urea groups is 1. The van der Waals surface area contributed by atoms with Gasteiger partial charge in [0.2, 0.25) is 0 Å². The van der Waals surface area contributed by atoms with Gasteiger partial charge < -0.3 is 14.5 Å². The highest BCUT2D eigenvalue weighted by atomic mass is 19.4. The third-order valence-corrected chi connectivity index (χ3v) is 4.22. The molecule has 3 rings (SSSR count). The van der Waals surface area contributed by atoms with E-state index >= 15 is 0 Å². The lowest BCUT2D eigenvalue weighted by atomic mass is 10.0. The zero-order chi connectivity index (χ0) is 18.9. The molecule has 2 aromatic rings. The van der Waals surface area contributed by atoms with Gasteiger partial charge in [-0.1, -0.05) is 12.1 Å². The number of carbonyl (C=O) groups excluding carboxylic acids is 1. The Balaban J connectivity index is 1.78. The summed E-state index contributed by atoms with van der Waals surface area (Å²) in [6.45, 7) is 3.59. The number of likely N-dealkylation sites (N-methyl/N-ethyl adjacent to an activating group) is 1. The average Bonchev–Trinajstić information content (AvgIpc) is 2.88. The van der Waals surface area contributed by atoms with Crippen molar-refractivity contribution in [1.82, 2.24) is 14.8 Å². The predicted octanol–water partition coefficient (Wildman–Crippen LogP) is 3.82. The first kappa shape index (κ1) is 18.0. The maximum atomic E-state index is 12.4. The fraction of sp³-hybridized carbons (Fsp3) is 0.333. The molecule has 138 valence electrons. The maximum Gasteiger partial charge on any atom is 0.573 e. The molecule has 2 heterocycles. The van der Waals surface area contributed by atoms with Crippen LogP contribution >= 0.6 is 0 Å². The lowest BCUT2D eigenvalue weighted by Gasteiger charge is -2.16. The second-order valence-electron chi connectivity index (χ2n) is 6.20. The number of nitrogens with zero attached hydrogens (tertiary/aromatic N) is 3. The van der Waals surface area contributed by atoms with Crippen LogP contribution in [0, 0.1) is 6.92 Å². The molecule has 1 aromatic carbocycles. The first-order valence-electron chi connectivity index (χ1n) is 8.05. The molecule has 0 radical (unpaired) electrons. The minimum Gasteiger partial charge on any atom is -0.406 e. The fourth-order valence-corrected chi connectivity index (χ4v) is 2.82. The number of hydrogen-bond donors (Lipinski definition) is 0. The third-order valence-electron chi connectivity index (χ3n) is 4.22. The van der Waals surface area contributed by atoms with E-state index in [0.717, 1.165) is 11.1 Å². The van der Waals surface area contributed by atoms with Gasteiger partial charge in [0.15, 0.2) is 0 Å². The first-order chi connectivity index (χ1) is 12.2. The molecule has 0 spiro atoms. The van der Waals surface area contributed by atoms with Crippen molar-refractivity contribution in [3.8, 4) is 17.0 Å². The van der Waals surface area contributed by atoms with Crippen molar-refractivity contribution in [3.63, 3.8) is 0 Å². The summed E-state index contributed by atoms with van der Waals surface area (Å²) in [6, 6.07) is 7.69. The van der Waals surface area contributed by atoms with Crippen molar-refractivity contribution in [3.05, 3.63) is 47.7 Å². The van der Waals surface area contributed by atoms with Crippen molar-refractivity contribution >= 4 is 6.03 Å². The first-order valence-corrected chi connectivity index (χ1v) is 8.05. The minimum absolute atomic E-state index is 0.0260. The van der Waals surface area contributed by atoms with E-state index in [1.807, 2.05) is 6.07 Å². The Kier molecular flexibility index (Phi) is 4.76. The van der Waals surface area contributed by atoms with Gasteiger partial charge in [-0.25, -0.2) is 4.79 Å². The standard InChI is InChI=1S/C18H18F3N3O2/c1-12-3-5-14(26-18(19,20)21)9-15(12)16-6-4-13(10-22-16)11-24-8-7-23(2)17(24)25/h3-6,9-10H,7-8,11H2,1-2H3. The van der Waals surface area contributed by atoms with Crippen molar-refractivity contribution < 1.29 is 22.7 Å². The van der Waals surface area contributed by atoms with Gasteiger partial charge in [-0.15, -0.1) is 13.2 Å². The van der Waals surface area contributed by atoms with Gasteiger partial charge in [0.05, 0.1) is 5.69 Å². The number of alkyl halides is 3. The molecule has 0 bridgehead atoms. The van der Waals surface area contributed by atoms with Gasteiger partial charge in [0.1, 0.15) is 5.75 Å². The highest BCUT2D eigenvalue weighted by molar-refractivity contribution is 5.76. The number of pyridine rings is 1. The molecule has 2 amide bonds. The Morgan fingerprint density at radius 1 is 1.19 bits per heavy atom. The second-order valence-corrected chi connectivity index (χ2v) is 6.20. The third kappa shape index (κ3) is 4.07. The highest BCUT2D eigenvalue weighted by Crippen LogP contribution is 2.30. The van der Waals surface area contributed by atoms with Crippen LogP contribution < -0.4 is 4.74 Å². The topological polar surface area (TPSA) is 45.7 Å². The summed E-state index contributed by atoms with van der Waals surface area (Å²) in [5, 5.41) is 0. The molecule has 1 fully saturated rings.